The molecule has 0 atom stereocenters. The first-order valence-corrected chi connectivity index (χ1v) is 6.47. The largest absolute Gasteiger partial charge is 0.395 e. The zero-order chi connectivity index (χ0) is 12.5. The van der Waals surface area contributed by atoms with E-state index in [4.69, 9.17) is 5.11 Å². The molecule has 2 amide bonds. The predicted octanol–water partition coefficient (Wildman–Crippen LogP) is 1.48. The van der Waals surface area contributed by atoms with Crippen LogP contribution in [0.1, 0.15) is 5.56 Å². The number of carbonyl (C=O) groups is 1. The van der Waals surface area contributed by atoms with Crippen LogP contribution in [0.4, 0.5) is 4.79 Å². The summed E-state index contributed by atoms with van der Waals surface area (Å²) in [5.41, 5.74) is 1.23. The minimum Gasteiger partial charge on any atom is -0.395 e. The number of nitrogens with one attached hydrogen (secondary N) is 1. The molecule has 0 saturated heterocycles. The van der Waals surface area contributed by atoms with Gasteiger partial charge in [0.05, 0.1) is 6.61 Å². The highest BCUT2D eigenvalue weighted by atomic mass is 32.1. The Balaban J connectivity index is 2.28. The van der Waals surface area contributed by atoms with Gasteiger partial charge in [-0.3, -0.25) is 0 Å². The van der Waals surface area contributed by atoms with Gasteiger partial charge in [0.15, 0.2) is 0 Å². The van der Waals surface area contributed by atoms with Crippen molar-refractivity contribution >= 4 is 17.4 Å². The SMILES string of the molecule is C=CCN(CCO)C(=O)NCCc1ccsc1. The molecule has 0 fully saturated rings. The van der Waals surface area contributed by atoms with Gasteiger partial charge in [0.1, 0.15) is 0 Å². The van der Waals surface area contributed by atoms with Crippen LogP contribution >= 0.6 is 11.3 Å². The summed E-state index contributed by atoms with van der Waals surface area (Å²) in [6.07, 6.45) is 2.48. The molecule has 0 aliphatic carbocycles. The topological polar surface area (TPSA) is 52.6 Å². The van der Waals surface area contributed by atoms with E-state index in [-0.39, 0.29) is 12.6 Å². The van der Waals surface area contributed by atoms with Crippen LogP contribution in [0.2, 0.25) is 0 Å². The van der Waals surface area contributed by atoms with Gasteiger partial charge in [-0.15, -0.1) is 6.58 Å². The van der Waals surface area contributed by atoms with Gasteiger partial charge in [0, 0.05) is 19.6 Å². The number of urea groups is 1. The molecule has 0 aromatic carbocycles. The molecule has 0 bridgehead atoms. The minimum absolute atomic E-state index is 0.0359. The van der Waals surface area contributed by atoms with E-state index in [1.807, 2.05) is 11.4 Å². The summed E-state index contributed by atoms with van der Waals surface area (Å²) in [6.45, 7) is 4.93. The molecular weight excluding hydrogens is 236 g/mol. The molecule has 0 spiro atoms. The molecule has 1 rings (SSSR count). The number of amides is 2. The lowest BCUT2D eigenvalue weighted by Crippen LogP contribution is -2.42. The Kier molecular flexibility index (Phi) is 6.35. The molecule has 4 nitrogen and oxygen atoms in total. The van der Waals surface area contributed by atoms with Crippen LogP contribution in [0.15, 0.2) is 29.5 Å². The van der Waals surface area contributed by atoms with E-state index in [0.717, 1.165) is 6.42 Å². The molecule has 1 aromatic heterocycles. The molecule has 5 heteroatoms. The third-order valence-electron chi connectivity index (χ3n) is 2.28. The van der Waals surface area contributed by atoms with E-state index < -0.39 is 0 Å². The van der Waals surface area contributed by atoms with Gasteiger partial charge < -0.3 is 15.3 Å². The Bertz CT molecular complexity index is 338. The Labute approximate surface area is 106 Å². The van der Waals surface area contributed by atoms with Crippen molar-refractivity contribution in [1.29, 1.82) is 0 Å². The second-order valence-electron chi connectivity index (χ2n) is 3.57. The van der Waals surface area contributed by atoms with E-state index in [2.05, 4.69) is 17.3 Å². The van der Waals surface area contributed by atoms with E-state index in [1.165, 1.54) is 10.5 Å². The van der Waals surface area contributed by atoms with Crippen molar-refractivity contribution in [2.24, 2.45) is 0 Å². The van der Waals surface area contributed by atoms with Crippen LogP contribution in [-0.2, 0) is 6.42 Å². The van der Waals surface area contributed by atoms with Crippen LogP contribution in [0.3, 0.4) is 0 Å². The lowest BCUT2D eigenvalue weighted by atomic mass is 10.2. The van der Waals surface area contributed by atoms with E-state index in [0.29, 0.717) is 19.6 Å². The number of rotatable bonds is 7. The van der Waals surface area contributed by atoms with Crippen LogP contribution in [-0.4, -0.2) is 42.3 Å². The van der Waals surface area contributed by atoms with Crippen molar-refractivity contribution < 1.29 is 9.90 Å². The molecule has 0 unspecified atom stereocenters. The molecule has 1 heterocycles. The molecule has 0 saturated carbocycles. The number of thiophene rings is 1. The summed E-state index contributed by atoms with van der Waals surface area (Å²) in [5, 5.41) is 15.7. The third-order valence-corrected chi connectivity index (χ3v) is 3.01. The van der Waals surface area contributed by atoms with Crippen molar-refractivity contribution in [3.8, 4) is 0 Å². The maximum absolute atomic E-state index is 11.7. The lowest BCUT2D eigenvalue weighted by Gasteiger charge is -2.20. The Morgan fingerprint density at radius 3 is 3.06 bits per heavy atom. The lowest BCUT2D eigenvalue weighted by molar-refractivity contribution is 0.184. The van der Waals surface area contributed by atoms with Gasteiger partial charge in [-0.2, -0.15) is 11.3 Å². The number of nitrogens with zero attached hydrogens (tertiary/aromatic N) is 1. The van der Waals surface area contributed by atoms with Gasteiger partial charge >= 0.3 is 6.03 Å². The molecule has 17 heavy (non-hydrogen) atoms. The van der Waals surface area contributed by atoms with Crippen molar-refractivity contribution in [1.82, 2.24) is 10.2 Å². The normalized spacial score (nSPS) is 9.94. The van der Waals surface area contributed by atoms with Gasteiger partial charge in [0.25, 0.3) is 0 Å². The van der Waals surface area contributed by atoms with Gasteiger partial charge in [-0.1, -0.05) is 6.08 Å². The van der Waals surface area contributed by atoms with Crippen molar-refractivity contribution in [3.05, 3.63) is 35.0 Å². The predicted molar refractivity (Wildman–Crippen MR) is 70.3 cm³/mol. The maximum Gasteiger partial charge on any atom is 0.317 e. The summed E-state index contributed by atoms with van der Waals surface area (Å²) in [5.74, 6) is 0. The smallest absolute Gasteiger partial charge is 0.317 e. The monoisotopic (exact) mass is 254 g/mol. The Hall–Kier alpha value is -1.33. The van der Waals surface area contributed by atoms with Gasteiger partial charge in [0.2, 0.25) is 0 Å². The second kappa shape index (κ2) is 7.86. The van der Waals surface area contributed by atoms with Crippen LogP contribution in [0.5, 0.6) is 0 Å². The van der Waals surface area contributed by atoms with Crippen molar-refractivity contribution in [2.75, 3.05) is 26.2 Å². The van der Waals surface area contributed by atoms with Crippen molar-refractivity contribution in [3.63, 3.8) is 0 Å². The number of hydrogen-bond acceptors (Lipinski definition) is 3. The highest BCUT2D eigenvalue weighted by Gasteiger charge is 2.09. The number of hydrogen-bond donors (Lipinski definition) is 2. The third kappa shape index (κ3) is 5.01. The van der Waals surface area contributed by atoms with E-state index in [1.54, 1.807) is 17.4 Å². The molecule has 0 radical (unpaired) electrons. The first kappa shape index (κ1) is 13.7. The number of aliphatic hydroxyl groups excluding tert-OH is 1. The van der Waals surface area contributed by atoms with Crippen molar-refractivity contribution in [2.45, 2.75) is 6.42 Å². The van der Waals surface area contributed by atoms with Crippen LogP contribution < -0.4 is 5.32 Å². The summed E-state index contributed by atoms with van der Waals surface area (Å²) < 4.78 is 0. The Morgan fingerprint density at radius 2 is 2.47 bits per heavy atom. The summed E-state index contributed by atoms with van der Waals surface area (Å²) in [4.78, 5) is 13.2. The van der Waals surface area contributed by atoms with E-state index in [9.17, 15) is 4.79 Å². The molecule has 1 aromatic rings. The van der Waals surface area contributed by atoms with Gasteiger partial charge in [-0.05, 0) is 28.8 Å². The molecule has 0 aliphatic rings. The Morgan fingerprint density at radius 1 is 1.65 bits per heavy atom. The standard InChI is InChI=1S/C12H18N2O2S/c1-2-6-14(7-8-15)12(16)13-5-3-11-4-9-17-10-11/h2,4,9-10,15H,1,3,5-8H2,(H,13,16). The van der Waals surface area contributed by atoms with E-state index >= 15 is 0 Å². The average molecular weight is 254 g/mol. The summed E-state index contributed by atoms with van der Waals surface area (Å²) in [6, 6.07) is 1.89. The quantitative estimate of drug-likeness (QED) is 0.724. The fourth-order valence-electron chi connectivity index (χ4n) is 1.41. The minimum atomic E-state index is -0.158. The fourth-order valence-corrected chi connectivity index (χ4v) is 2.12. The first-order valence-electron chi connectivity index (χ1n) is 5.53. The van der Waals surface area contributed by atoms with Gasteiger partial charge in [-0.25, -0.2) is 4.79 Å². The summed E-state index contributed by atoms with van der Waals surface area (Å²) >= 11 is 1.65. The maximum atomic E-state index is 11.7. The zero-order valence-corrected chi connectivity index (χ0v) is 10.6. The molecular formula is C12H18N2O2S. The first-order chi connectivity index (χ1) is 8.27. The highest BCUT2D eigenvalue weighted by Crippen LogP contribution is 2.05. The molecule has 94 valence electrons. The average Bonchev–Trinajstić information content (AvgIpc) is 2.81. The molecule has 2 N–H and O–H groups in total. The molecule has 0 aliphatic heterocycles. The number of carbonyl (C=O) groups excluding carboxylic acids is 1. The highest BCUT2D eigenvalue weighted by molar-refractivity contribution is 7.07. The zero-order valence-electron chi connectivity index (χ0n) is 9.76. The van der Waals surface area contributed by atoms with Crippen LogP contribution in [0.25, 0.3) is 0 Å². The van der Waals surface area contributed by atoms with Crippen LogP contribution in [0, 0.1) is 0 Å². The number of aliphatic hydroxyl groups is 1. The summed E-state index contributed by atoms with van der Waals surface area (Å²) in [7, 11) is 0. The second-order valence-corrected chi connectivity index (χ2v) is 4.35. The fraction of sp³-hybridized carbons (Fsp3) is 0.417.